The van der Waals surface area contributed by atoms with Crippen LogP contribution in [0.4, 0.5) is 0 Å². The van der Waals surface area contributed by atoms with Crippen molar-refractivity contribution >= 4 is 39.3 Å². The lowest BCUT2D eigenvalue weighted by molar-refractivity contribution is 0.457. The van der Waals surface area contributed by atoms with E-state index in [1.54, 1.807) is 18.3 Å². The molecule has 0 aliphatic carbocycles. The van der Waals surface area contributed by atoms with Crippen molar-refractivity contribution in [1.29, 1.82) is 0 Å². The van der Waals surface area contributed by atoms with Gasteiger partial charge in [-0.2, -0.15) is 0 Å². The highest BCUT2D eigenvalue weighted by Crippen LogP contribution is 2.30. The molecular formula is C12H9BrClNOS. The van der Waals surface area contributed by atoms with Gasteiger partial charge in [0.15, 0.2) is 0 Å². The zero-order valence-corrected chi connectivity index (χ0v) is 11.9. The third-order valence-corrected chi connectivity index (χ3v) is 4.41. The molecule has 1 heterocycles. The van der Waals surface area contributed by atoms with E-state index in [0.29, 0.717) is 10.0 Å². The summed E-state index contributed by atoms with van der Waals surface area (Å²) in [7, 11) is 0. The fourth-order valence-electron chi connectivity index (χ4n) is 1.27. The summed E-state index contributed by atoms with van der Waals surface area (Å²) in [5.74, 6) is 0.929. The fourth-order valence-corrected chi connectivity index (χ4v) is 2.56. The molecule has 0 bridgehead atoms. The number of pyridine rings is 1. The van der Waals surface area contributed by atoms with Crippen LogP contribution in [0.1, 0.15) is 5.56 Å². The molecule has 2 rings (SSSR count). The highest BCUT2D eigenvalue weighted by atomic mass is 79.9. The molecule has 0 fully saturated rings. The van der Waals surface area contributed by atoms with Crippen molar-refractivity contribution in [2.24, 2.45) is 0 Å². The average Bonchev–Trinajstić information content (AvgIpc) is 2.32. The van der Waals surface area contributed by atoms with E-state index in [2.05, 4.69) is 20.9 Å². The Morgan fingerprint density at radius 1 is 1.35 bits per heavy atom. The van der Waals surface area contributed by atoms with Crippen molar-refractivity contribution in [1.82, 2.24) is 4.98 Å². The molecule has 0 radical (unpaired) electrons. The van der Waals surface area contributed by atoms with Crippen molar-refractivity contribution in [2.45, 2.75) is 10.8 Å². The Morgan fingerprint density at radius 2 is 2.18 bits per heavy atom. The summed E-state index contributed by atoms with van der Waals surface area (Å²) in [6, 6.07) is 9.14. The normalized spacial score (nSPS) is 10.5. The Hall–Kier alpha value is -0.710. The van der Waals surface area contributed by atoms with Crippen LogP contribution in [0.25, 0.3) is 0 Å². The van der Waals surface area contributed by atoms with Crippen molar-refractivity contribution in [3.63, 3.8) is 0 Å². The van der Waals surface area contributed by atoms with Crippen LogP contribution in [0.2, 0.25) is 5.02 Å². The molecule has 0 aliphatic heterocycles. The second kappa shape index (κ2) is 5.76. The summed E-state index contributed by atoms with van der Waals surface area (Å²) in [6.45, 7) is 0. The molecule has 0 saturated heterocycles. The van der Waals surface area contributed by atoms with Crippen LogP contribution in [0.5, 0.6) is 5.75 Å². The van der Waals surface area contributed by atoms with Gasteiger partial charge in [-0.3, -0.25) is 0 Å². The number of hydrogen-bond acceptors (Lipinski definition) is 3. The third kappa shape index (κ3) is 3.37. The predicted molar refractivity (Wildman–Crippen MR) is 74.6 cm³/mol. The maximum Gasteiger partial charge on any atom is 0.147 e. The number of thioether (sulfide) groups is 1. The molecule has 1 N–H and O–H groups in total. The number of halogens is 2. The Bertz CT molecular complexity index is 536. The molecular weight excluding hydrogens is 322 g/mol. The average molecular weight is 331 g/mol. The monoisotopic (exact) mass is 329 g/mol. The second-order valence-electron chi connectivity index (χ2n) is 3.36. The van der Waals surface area contributed by atoms with Crippen LogP contribution in [-0.2, 0) is 5.75 Å². The van der Waals surface area contributed by atoms with E-state index in [0.717, 1.165) is 15.8 Å². The van der Waals surface area contributed by atoms with Crippen LogP contribution in [0.3, 0.4) is 0 Å². The molecule has 0 unspecified atom stereocenters. The maximum atomic E-state index is 9.57. The molecule has 2 aromatic rings. The number of rotatable bonds is 3. The number of nitrogens with zero attached hydrogens (tertiary/aromatic N) is 1. The minimum atomic E-state index is 0.209. The van der Waals surface area contributed by atoms with Crippen molar-refractivity contribution in [2.75, 3.05) is 0 Å². The molecule has 2 nitrogen and oxygen atoms in total. The highest BCUT2D eigenvalue weighted by Gasteiger charge is 2.04. The fraction of sp³-hybridized carbons (Fsp3) is 0.0833. The van der Waals surface area contributed by atoms with Crippen molar-refractivity contribution in [3.8, 4) is 5.75 Å². The number of benzene rings is 1. The first kappa shape index (κ1) is 12.7. The molecule has 0 aliphatic rings. The van der Waals surface area contributed by atoms with Gasteiger partial charge in [0.25, 0.3) is 0 Å². The van der Waals surface area contributed by atoms with Gasteiger partial charge >= 0.3 is 0 Å². The molecule has 0 saturated carbocycles. The Morgan fingerprint density at radius 3 is 2.88 bits per heavy atom. The van der Waals surface area contributed by atoms with Gasteiger partial charge in [-0.05, 0) is 45.8 Å². The summed E-state index contributed by atoms with van der Waals surface area (Å²) in [6.07, 6.45) is 1.66. The summed E-state index contributed by atoms with van der Waals surface area (Å²) in [5.41, 5.74) is 1.09. The molecule has 5 heteroatoms. The van der Waals surface area contributed by atoms with Crippen molar-refractivity contribution in [3.05, 3.63) is 51.6 Å². The van der Waals surface area contributed by atoms with E-state index in [1.165, 1.54) is 11.8 Å². The van der Waals surface area contributed by atoms with Gasteiger partial charge in [0.05, 0.1) is 5.02 Å². The lowest BCUT2D eigenvalue weighted by Gasteiger charge is -2.04. The van der Waals surface area contributed by atoms with Gasteiger partial charge in [-0.25, -0.2) is 4.98 Å². The largest absolute Gasteiger partial charge is 0.505 e. The number of aromatic hydroxyl groups is 1. The maximum absolute atomic E-state index is 9.57. The first-order chi connectivity index (χ1) is 8.16. The number of aromatic nitrogens is 1. The molecule has 0 spiro atoms. The molecule has 17 heavy (non-hydrogen) atoms. The van der Waals surface area contributed by atoms with E-state index >= 15 is 0 Å². The van der Waals surface area contributed by atoms with Crippen LogP contribution in [0.15, 0.2) is 46.0 Å². The predicted octanol–water partition coefficient (Wildman–Crippen LogP) is 4.50. The van der Waals surface area contributed by atoms with Gasteiger partial charge in [-0.15, -0.1) is 0 Å². The molecule has 0 atom stereocenters. The van der Waals surface area contributed by atoms with Gasteiger partial charge < -0.3 is 5.11 Å². The van der Waals surface area contributed by atoms with Gasteiger partial charge in [0, 0.05) is 16.4 Å². The standard InChI is InChI=1S/C12H9BrClNOS/c13-9-4-3-8(6-10(9)14)7-17-12-11(16)2-1-5-15-12/h1-6,16H,7H2. The quantitative estimate of drug-likeness (QED) is 0.841. The topological polar surface area (TPSA) is 33.1 Å². The minimum absolute atomic E-state index is 0.209. The lowest BCUT2D eigenvalue weighted by Crippen LogP contribution is -1.84. The first-order valence-electron chi connectivity index (χ1n) is 4.87. The van der Waals surface area contributed by atoms with Crippen LogP contribution in [0, 0.1) is 0 Å². The van der Waals surface area contributed by atoms with E-state index in [-0.39, 0.29) is 5.75 Å². The lowest BCUT2D eigenvalue weighted by atomic mass is 10.2. The van der Waals surface area contributed by atoms with Gasteiger partial charge in [-0.1, -0.05) is 29.4 Å². The summed E-state index contributed by atoms with van der Waals surface area (Å²) >= 11 is 10.8. The van der Waals surface area contributed by atoms with Gasteiger partial charge in [0.2, 0.25) is 0 Å². The SMILES string of the molecule is Oc1cccnc1SCc1ccc(Br)c(Cl)c1. The number of hydrogen-bond donors (Lipinski definition) is 1. The molecule has 0 amide bonds. The summed E-state index contributed by atoms with van der Waals surface area (Å²) < 4.78 is 0.883. The smallest absolute Gasteiger partial charge is 0.147 e. The molecule has 1 aromatic heterocycles. The zero-order valence-electron chi connectivity index (χ0n) is 8.73. The highest BCUT2D eigenvalue weighted by molar-refractivity contribution is 9.10. The van der Waals surface area contributed by atoms with Crippen LogP contribution in [-0.4, -0.2) is 10.1 Å². The summed E-state index contributed by atoms with van der Waals surface area (Å²) in [4.78, 5) is 4.10. The molecule has 1 aromatic carbocycles. The van der Waals surface area contributed by atoms with E-state index in [4.69, 9.17) is 11.6 Å². The van der Waals surface area contributed by atoms with Crippen LogP contribution < -0.4 is 0 Å². The summed E-state index contributed by atoms with van der Waals surface area (Å²) in [5, 5.41) is 10.9. The second-order valence-corrected chi connectivity index (χ2v) is 5.59. The first-order valence-corrected chi connectivity index (χ1v) is 7.03. The zero-order chi connectivity index (χ0) is 12.3. The Balaban J connectivity index is 2.08. The van der Waals surface area contributed by atoms with Crippen LogP contribution >= 0.6 is 39.3 Å². The van der Waals surface area contributed by atoms with E-state index in [1.807, 2.05) is 18.2 Å². The van der Waals surface area contributed by atoms with Gasteiger partial charge in [0.1, 0.15) is 10.8 Å². The third-order valence-electron chi connectivity index (χ3n) is 2.11. The Kier molecular flexibility index (Phi) is 4.31. The molecule has 88 valence electrons. The Labute approximate surface area is 117 Å². The minimum Gasteiger partial charge on any atom is -0.505 e. The van der Waals surface area contributed by atoms with E-state index < -0.39 is 0 Å². The van der Waals surface area contributed by atoms with Crippen molar-refractivity contribution < 1.29 is 5.11 Å². The van der Waals surface area contributed by atoms with E-state index in [9.17, 15) is 5.11 Å².